The van der Waals surface area contributed by atoms with Crippen LogP contribution in [0.3, 0.4) is 0 Å². The van der Waals surface area contributed by atoms with Crippen LogP contribution in [0.1, 0.15) is 63.1 Å². The molecule has 2 N–H and O–H groups in total. The van der Waals surface area contributed by atoms with Crippen molar-refractivity contribution in [2.75, 3.05) is 13.2 Å². The van der Waals surface area contributed by atoms with E-state index in [4.69, 9.17) is 4.74 Å². The van der Waals surface area contributed by atoms with E-state index in [9.17, 15) is 32.7 Å². The van der Waals surface area contributed by atoms with Gasteiger partial charge in [-0.15, -0.1) is 0 Å². The van der Waals surface area contributed by atoms with Crippen molar-refractivity contribution in [3.63, 3.8) is 0 Å². The summed E-state index contributed by atoms with van der Waals surface area (Å²) in [6.45, 7) is 7.52. The maximum atomic E-state index is 13.9. The molecule has 0 radical (unpaired) electrons. The summed E-state index contributed by atoms with van der Waals surface area (Å²) in [7, 11) is 0. The third-order valence-electron chi connectivity index (χ3n) is 6.76. The first-order valence-electron chi connectivity index (χ1n) is 13.2. The van der Waals surface area contributed by atoms with Crippen molar-refractivity contribution < 1.29 is 32.6 Å². The maximum Gasteiger partial charge on any atom is 0.305 e. The Balaban J connectivity index is 1.77. The second kappa shape index (κ2) is 13.6. The number of Topliss-reactive ketones (excluding diaryl/α,β-unsaturated/α-hetero) is 1. The number of carbonyl (C=O) groups is 2. The molecule has 1 aromatic heterocycles. The van der Waals surface area contributed by atoms with Crippen LogP contribution in [0, 0.1) is 17.5 Å². The fraction of sp³-hybridized carbons (Fsp3) is 0.400. The molecule has 0 aliphatic heterocycles. The minimum atomic E-state index is -1.59. The van der Waals surface area contributed by atoms with Crippen molar-refractivity contribution in [3.8, 4) is 5.75 Å². The van der Waals surface area contributed by atoms with E-state index in [1.54, 1.807) is 6.07 Å². The van der Waals surface area contributed by atoms with Crippen LogP contribution in [0.4, 0.5) is 13.2 Å². The zero-order valence-corrected chi connectivity index (χ0v) is 23.4. The summed E-state index contributed by atoms with van der Waals surface area (Å²) in [5, 5.41) is 16.4. The van der Waals surface area contributed by atoms with E-state index in [2.05, 4.69) is 31.2 Å². The van der Waals surface area contributed by atoms with Crippen LogP contribution < -0.4 is 15.6 Å². The van der Waals surface area contributed by atoms with Crippen molar-refractivity contribution >= 4 is 11.8 Å². The van der Waals surface area contributed by atoms with Crippen molar-refractivity contribution in [1.82, 2.24) is 15.1 Å². The summed E-state index contributed by atoms with van der Waals surface area (Å²) >= 11 is 0. The fourth-order valence-electron chi connectivity index (χ4n) is 4.56. The van der Waals surface area contributed by atoms with Crippen molar-refractivity contribution in [3.05, 3.63) is 93.2 Å². The Morgan fingerprint density at radius 1 is 1.07 bits per heavy atom. The van der Waals surface area contributed by atoms with Gasteiger partial charge in [-0.25, -0.2) is 13.5 Å². The van der Waals surface area contributed by atoms with Crippen LogP contribution in [0.5, 0.6) is 5.75 Å². The highest BCUT2D eigenvalue weighted by molar-refractivity contribution is 5.89. The number of halogens is 3. The van der Waals surface area contributed by atoms with Crippen LogP contribution in [0.2, 0.25) is 0 Å². The number of carbonyl (C=O) groups excluding carboxylic acids is 1. The van der Waals surface area contributed by atoms with E-state index in [-0.39, 0.29) is 24.1 Å². The average Bonchev–Trinajstić information content (AvgIpc) is 2.91. The number of rotatable bonds is 13. The normalized spacial score (nSPS) is 13.0. The predicted molar refractivity (Wildman–Crippen MR) is 147 cm³/mol. The monoisotopic (exact) mass is 573 g/mol. The van der Waals surface area contributed by atoms with Gasteiger partial charge in [0.15, 0.2) is 23.2 Å². The molecular weight excluding hydrogens is 539 g/mol. The van der Waals surface area contributed by atoms with Gasteiger partial charge in [-0.05, 0) is 41.2 Å². The third-order valence-corrected chi connectivity index (χ3v) is 6.76. The predicted octanol–water partition coefficient (Wildman–Crippen LogP) is 4.58. The number of ether oxygens (including phenoxy) is 1. The molecule has 0 aliphatic carbocycles. The van der Waals surface area contributed by atoms with E-state index >= 15 is 0 Å². The lowest BCUT2D eigenvalue weighted by Crippen LogP contribution is -2.43. The number of carboxylic acids is 1. The highest BCUT2D eigenvalue weighted by Crippen LogP contribution is 2.26. The van der Waals surface area contributed by atoms with Crippen molar-refractivity contribution in [2.24, 2.45) is 0 Å². The number of nitrogens with one attached hydrogen (secondary N) is 1. The molecule has 0 unspecified atom stereocenters. The number of nitrogens with zero attached hydrogens (tertiary/aromatic N) is 2. The Morgan fingerprint density at radius 2 is 1.76 bits per heavy atom. The highest BCUT2D eigenvalue weighted by atomic mass is 19.2. The molecule has 11 heteroatoms. The molecule has 2 atom stereocenters. The standard InChI is InChI=1S/C30H34F3N3O5/c1-5-18(20-12-13-35-36(29(20)40)16-19-8-6-7-9-21(19)30(2,3)4)15-34-24(14-26(38)39)25(37)17-41-28-23(32)11-10-22(31)27(28)33/h6-13,18,24,34H,5,14-17H2,1-4H3,(H,38,39)/t18-,24-/m0/s1. The molecule has 0 saturated carbocycles. The molecule has 0 bridgehead atoms. The lowest BCUT2D eigenvalue weighted by Gasteiger charge is -2.23. The second-order valence-corrected chi connectivity index (χ2v) is 10.7. The molecule has 0 aliphatic rings. The van der Waals surface area contributed by atoms with Gasteiger partial charge in [0.2, 0.25) is 5.82 Å². The average molecular weight is 574 g/mol. The minimum Gasteiger partial charge on any atom is -0.481 e. The minimum absolute atomic E-state index is 0.0563. The molecule has 2 aromatic carbocycles. The summed E-state index contributed by atoms with van der Waals surface area (Å²) in [6, 6.07) is 9.35. The van der Waals surface area contributed by atoms with E-state index in [0.29, 0.717) is 24.1 Å². The van der Waals surface area contributed by atoms with E-state index < -0.39 is 59.9 Å². The van der Waals surface area contributed by atoms with Gasteiger partial charge in [0.1, 0.15) is 6.61 Å². The van der Waals surface area contributed by atoms with E-state index in [0.717, 1.165) is 11.1 Å². The summed E-state index contributed by atoms with van der Waals surface area (Å²) in [5.74, 6) is -7.73. The van der Waals surface area contributed by atoms with Gasteiger partial charge in [-0.2, -0.15) is 9.49 Å². The van der Waals surface area contributed by atoms with Crippen LogP contribution >= 0.6 is 0 Å². The summed E-state index contributed by atoms with van der Waals surface area (Å²) in [6.07, 6.45) is 1.36. The van der Waals surface area contributed by atoms with Gasteiger partial charge in [0.25, 0.3) is 5.56 Å². The highest BCUT2D eigenvalue weighted by Gasteiger charge is 2.26. The van der Waals surface area contributed by atoms with Crippen LogP contribution in [0.15, 0.2) is 53.5 Å². The number of hydrogen-bond donors (Lipinski definition) is 2. The quantitative estimate of drug-likeness (QED) is 0.288. The van der Waals surface area contributed by atoms with Crippen LogP contribution in [-0.2, 0) is 21.5 Å². The molecule has 3 rings (SSSR count). The second-order valence-electron chi connectivity index (χ2n) is 10.7. The summed E-state index contributed by atoms with van der Waals surface area (Å²) in [4.78, 5) is 37.6. The van der Waals surface area contributed by atoms with Gasteiger partial charge in [0, 0.05) is 24.2 Å². The van der Waals surface area contributed by atoms with Gasteiger partial charge in [-0.1, -0.05) is 52.0 Å². The van der Waals surface area contributed by atoms with Crippen LogP contribution in [0.25, 0.3) is 0 Å². The molecule has 220 valence electrons. The Kier molecular flexibility index (Phi) is 10.4. The smallest absolute Gasteiger partial charge is 0.305 e. The molecule has 0 amide bonds. The van der Waals surface area contributed by atoms with Crippen LogP contribution in [-0.4, -0.2) is 45.8 Å². The number of carboxylic acid groups (broad SMARTS) is 1. The SMILES string of the molecule is CC[C@@H](CN[C@@H](CC(=O)O)C(=O)COc1c(F)ccc(F)c1F)c1ccnn(Cc2ccccc2C(C)(C)C)c1=O. The first kappa shape index (κ1) is 31.5. The molecule has 0 fully saturated rings. The fourth-order valence-corrected chi connectivity index (χ4v) is 4.56. The number of benzene rings is 2. The summed E-state index contributed by atoms with van der Waals surface area (Å²) in [5.41, 5.74) is 2.02. The first-order valence-corrected chi connectivity index (χ1v) is 13.2. The Morgan fingerprint density at radius 3 is 2.41 bits per heavy atom. The topological polar surface area (TPSA) is 111 Å². The van der Waals surface area contributed by atoms with Gasteiger partial charge in [0.05, 0.1) is 19.0 Å². The molecular formula is C30H34F3N3O5. The Labute approximate surface area is 236 Å². The van der Waals surface area contributed by atoms with Gasteiger partial charge in [-0.3, -0.25) is 14.4 Å². The molecule has 1 heterocycles. The maximum absolute atomic E-state index is 13.9. The first-order chi connectivity index (χ1) is 19.3. The Hall–Kier alpha value is -3.99. The zero-order chi connectivity index (χ0) is 30.3. The van der Waals surface area contributed by atoms with Crippen molar-refractivity contribution in [2.45, 2.75) is 64.5 Å². The largest absolute Gasteiger partial charge is 0.481 e. The van der Waals surface area contributed by atoms with E-state index in [1.165, 1.54) is 10.9 Å². The lowest BCUT2D eigenvalue weighted by atomic mass is 9.84. The molecule has 3 aromatic rings. The van der Waals surface area contributed by atoms with Gasteiger partial charge >= 0.3 is 5.97 Å². The number of ketones is 1. The molecule has 8 nitrogen and oxygen atoms in total. The Bertz CT molecular complexity index is 1450. The van der Waals surface area contributed by atoms with Gasteiger partial charge < -0.3 is 15.2 Å². The number of hydrogen-bond acceptors (Lipinski definition) is 6. The van der Waals surface area contributed by atoms with E-state index in [1.807, 2.05) is 31.2 Å². The zero-order valence-electron chi connectivity index (χ0n) is 23.4. The number of aliphatic carboxylic acids is 1. The summed E-state index contributed by atoms with van der Waals surface area (Å²) < 4.78 is 47.5. The molecule has 0 spiro atoms. The molecule has 0 saturated heterocycles. The number of aromatic nitrogens is 2. The van der Waals surface area contributed by atoms with Crippen molar-refractivity contribution in [1.29, 1.82) is 0 Å². The lowest BCUT2D eigenvalue weighted by molar-refractivity contribution is -0.139. The third kappa shape index (κ3) is 8.03. The molecule has 41 heavy (non-hydrogen) atoms.